The molecule has 3 heterocycles. The molecule has 35 heavy (non-hydrogen) atoms. The third kappa shape index (κ3) is 6.63. The van der Waals surface area contributed by atoms with E-state index in [4.69, 9.17) is 0 Å². The van der Waals surface area contributed by atoms with Gasteiger partial charge in [0, 0.05) is 42.0 Å². The molecule has 4 aromatic rings. The summed E-state index contributed by atoms with van der Waals surface area (Å²) < 4.78 is 6.74. The maximum atomic E-state index is 2.26. The third-order valence-electron chi connectivity index (χ3n) is 6.67. The van der Waals surface area contributed by atoms with Crippen LogP contribution in [-0.2, 0) is 30.5 Å². The van der Waals surface area contributed by atoms with Gasteiger partial charge in [-0.05, 0) is 33.1 Å². The fourth-order valence-corrected chi connectivity index (χ4v) is 4.21. The molecule has 3 nitrogen and oxygen atoms in total. The maximum absolute atomic E-state index is 2.26. The lowest BCUT2D eigenvalue weighted by molar-refractivity contribution is -0.778. The van der Waals surface area contributed by atoms with Crippen LogP contribution in [0, 0.1) is 0 Å². The summed E-state index contributed by atoms with van der Waals surface area (Å²) in [5, 5.41) is 0. The molecule has 0 aliphatic heterocycles. The fourth-order valence-electron chi connectivity index (χ4n) is 4.21. The highest BCUT2D eigenvalue weighted by molar-refractivity contribution is 5.60. The van der Waals surface area contributed by atoms with Gasteiger partial charge in [0.15, 0.2) is 43.7 Å². The van der Waals surface area contributed by atoms with Crippen molar-refractivity contribution in [3.63, 3.8) is 0 Å². The molecule has 0 N–H and O–H groups in total. The van der Waals surface area contributed by atoms with E-state index in [0.717, 1.165) is 19.6 Å². The zero-order chi connectivity index (χ0) is 25.1. The van der Waals surface area contributed by atoms with E-state index in [2.05, 4.69) is 153 Å². The first-order chi connectivity index (χ1) is 16.6. The summed E-state index contributed by atoms with van der Waals surface area (Å²) in [6.45, 7) is 16.3. The second kappa shape index (κ2) is 10.1. The largest absolute Gasteiger partial charge is 0.206 e. The summed E-state index contributed by atoms with van der Waals surface area (Å²) in [6.07, 6.45) is 13.1. The number of benzene rings is 1. The Bertz CT molecular complexity index is 1220. The van der Waals surface area contributed by atoms with E-state index >= 15 is 0 Å². The van der Waals surface area contributed by atoms with Crippen LogP contribution in [0.5, 0.6) is 0 Å². The maximum Gasteiger partial charge on any atom is 0.206 e. The van der Waals surface area contributed by atoms with Crippen molar-refractivity contribution in [2.24, 2.45) is 0 Å². The summed E-state index contributed by atoms with van der Waals surface area (Å²) in [5.74, 6) is 0. The number of aromatic nitrogens is 3. The van der Waals surface area contributed by atoms with Gasteiger partial charge in [0.2, 0.25) is 13.1 Å². The van der Waals surface area contributed by atoms with Gasteiger partial charge in [0.05, 0.1) is 0 Å². The lowest BCUT2D eigenvalue weighted by atomic mass is 9.87. The summed E-state index contributed by atoms with van der Waals surface area (Å²) in [4.78, 5) is 0. The average molecular weight is 467 g/mol. The lowest BCUT2D eigenvalue weighted by Crippen LogP contribution is -2.43. The van der Waals surface area contributed by atoms with E-state index in [1.54, 1.807) is 0 Å². The molecule has 1 aromatic carbocycles. The number of rotatable bonds is 6. The van der Waals surface area contributed by atoms with Crippen molar-refractivity contribution in [1.82, 2.24) is 0 Å². The molecule has 0 saturated carbocycles. The van der Waals surface area contributed by atoms with Crippen LogP contribution in [0.25, 0.3) is 11.1 Å². The van der Waals surface area contributed by atoms with Crippen LogP contribution in [0.1, 0.15) is 58.2 Å². The number of hydrogen-bond donors (Lipinski definition) is 0. The van der Waals surface area contributed by atoms with Gasteiger partial charge in [-0.15, -0.1) is 0 Å². The third-order valence-corrected chi connectivity index (χ3v) is 6.67. The van der Waals surface area contributed by atoms with Gasteiger partial charge >= 0.3 is 0 Å². The van der Waals surface area contributed by atoms with Crippen LogP contribution >= 0.6 is 0 Å². The summed E-state index contributed by atoms with van der Waals surface area (Å²) >= 11 is 0. The molecule has 0 amide bonds. The summed E-state index contributed by atoms with van der Waals surface area (Å²) in [5.41, 5.74) is 6.93. The van der Waals surface area contributed by atoms with Gasteiger partial charge in [0.1, 0.15) is 0 Å². The minimum absolute atomic E-state index is 0.192. The van der Waals surface area contributed by atoms with E-state index < -0.39 is 0 Å². The molecule has 0 bridgehead atoms. The van der Waals surface area contributed by atoms with Crippen LogP contribution in [0.2, 0.25) is 0 Å². The average Bonchev–Trinajstić information content (AvgIpc) is 2.83. The van der Waals surface area contributed by atoms with Gasteiger partial charge in [-0.25, -0.2) is 4.57 Å². The molecule has 180 valence electrons. The Hall–Kier alpha value is -3.33. The second-order valence-electron chi connectivity index (χ2n) is 11.6. The zero-order valence-electron chi connectivity index (χ0n) is 22.2. The quantitative estimate of drug-likeness (QED) is 0.330. The van der Waals surface area contributed by atoms with Gasteiger partial charge in [-0.1, -0.05) is 65.8 Å². The molecule has 0 spiro atoms. The van der Waals surface area contributed by atoms with Gasteiger partial charge in [-0.2, -0.15) is 9.13 Å². The van der Waals surface area contributed by atoms with Gasteiger partial charge in [-0.3, -0.25) is 0 Å². The normalized spacial score (nSPS) is 12.1. The van der Waals surface area contributed by atoms with Crippen molar-refractivity contribution in [1.29, 1.82) is 0 Å². The van der Waals surface area contributed by atoms with E-state index in [1.807, 2.05) is 0 Å². The number of nitrogens with zero attached hydrogens (tertiary/aromatic N) is 3. The predicted molar refractivity (Wildman–Crippen MR) is 142 cm³/mol. The minimum Gasteiger partial charge on any atom is -0.201 e. The molecule has 0 saturated heterocycles. The van der Waals surface area contributed by atoms with Crippen molar-refractivity contribution in [2.45, 2.75) is 72.0 Å². The first-order valence-corrected chi connectivity index (χ1v) is 12.7. The Balaban J connectivity index is 1.34. The van der Waals surface area contributed by atoms with Crippen molar-refractivity contribution in [3.8, 4) is 11.1 Å². The molecule has 0 atom stereocenters. The highest BCUT2D eigenvalue weighted by Crippen LogP contribution is 2.22. The molecule has 4 rings (SSSR count). The molecule has 0 unspecified atom stereocenters. The smallest absolute Gasteiger partial charge is 0.201 e. The lowest BCUT2D eigenvalue weighted by Gasteiger charge is -2.18. The summed E-state index contributed by atoms with van der Waals surface area (Å²) in [7, 11) is 0. The Kier molecular flexibility index (Phi) is 7.16. The number of hydrogen-bond acceptors (Lipinski definition) is 0. The molecule has 0 aliphatic carbocycles. The molecule has 0 fully saturated rings. The zero-order valence-corrected chi connectivity index (χ0v) is 22.2. The van der Waals surface area contributed by atoms with Crippen molar-refractivity contribution in [2.75, 3.05) is 0 Å². The molecule has 0 aliphatic rings. The van der Waals surface area contributed by atoms with Crippen LogP contribution in [0.3, 0.4) is 0 Å². The number of pyridine rings is 3. The van der Waals surface area contributed by atoms with Crippen molar-refractivity contribution in [3.05, 3.63) is 115 Å². The fraction of sp³-hybridized carbons (Fsp3) is 0.344. The van der Waals surface area contributed by atoms with E-state index in [-0.39, 0.29) is 10.8 Å². The van der Waals surface area contributed by atoms with E-state index in [1.165, 1.54) is 27.8 Å². The molecule has 3 heteroatoms. The molecule has 3 aromatic heterocycles. The molecule has 0 radical (unpaired) electrons. The Morgan fingerprint density at radius 2 is 0.829 bits per heavy atom. The van der Waals surface area contributed by atoms with E-state index in [9.17, 15) is 0 Å². The first kappa shape index (κ1) is 24.8. The van der Waals surface area contributed by atoms with Crippen LogP contribution in [0.15, 0.2) is 97.8 Å². The summed E-state index contributed by atoms with van der Waals surface area (Å²) in [6, 6.07) is 22.3. The second-order valence-corrected chi connectivity index (χ2v) is 11.6. The monoisotopic (exact) mass is 466 g/mol. The standard InChI is InChI=1S/C32H40N3/c1-31(2,3)29-9-7-26(8-10-29)25-35-19-13-28(14-20-35)27-11-17-33(18-12-27)23-24-34-21-15-30(16-22-34)32(4,5)6/h7-22H,23-25H2,1-6H3/q+3. The molecular weight excluding hydrogens is 426 g/mol. The van der Waals surface area contributed by atoms with Crippen LogP contribution < -0.4 is 13.7 Å². The van der Waals surface area contributed by atoms with Crippen molar-refractivity contribution < 1.29 is 13.7 Å². The SMILES string of the molecule is CC(C)(C)c1ccc(C[n+]2ccc(-c3cc[n+](CC[n+]4ccc(C(C)(C)C)cc4)cc3)cc2)cc1. The number of aryl methyl sites for hydroxylation is 2. The van der Waals surface area contributed by atoms with Crippen LogP contribution in [0.4, 0.5) is 0 Å². The van der Waals surface area contributed by atoms with Gasteiger partial charge in [0.25, 0.3) is 0 Å². The van der Waals surface area contributed by atoms with E-state index in [0.29, 0.717) is 0 Å². The van der Waals surface area contributed by atoms with Crippen LogP contribution in [-0.4, -0.2) is 0 Å². The molecular formula is C32H40N3+3. The first-order valence-electron chi connectivity index (χ1n) is 12.7. The van der Waals surface area contributed by atoms with Gasteiger partial charge < -0.3 is 0 Å². The highest BCUT2D eigenvalue weighted by atomic mass is 15.0. The minimum atomic E-state index is 0.192. The predicted octanol–water partition coefficient (Wildman–Crippen LogP) is 5.56. The Morgan fingerprint density at radius 1 is 0.457 bits per heavy atom. The Morgan fingerprint density at radius 3 is 1.26 bits per heavy atom. The topological polar surface area (TPSA) is 11.6 Å². The highest BCUT2D eigenvalue weighted by Gasteiger charge is 2.16. The Labute approximate surface area is 211 Å². The van der Waals surface area contributed by atoms with Crippen molar-refractivity contribution >= 4 is 0 Å².